The van der Waals surface area contributed by atoms with E-state index in [0.29, 0.717) is 13.0 Å². The second kappa shape index (κ2) is 11.1. The van der Waals surface area contributed by atoms with Crippen molar-refractivity contribution < 1.29 is 36.6 Å². The van der Waals surface area contributed by atoms with Gasteiger partial charge in [-0.05, 0) is 47.5 Å². The molecule has 0 unspecified atom stereocenters. The zero-order valence-electron chi connectivity index (χ0n) is 21.6. The minimum absolute atomic E-state index is 0.0672. The lowest BCUT2D eigenvalue weighted by molar-refractivity contribution is -0.118. The van der Waals surface area contributed by atoms with Gasteiger partial charge in [0, 0.05) is 30.7 Å². The van der Waals surface area contributed by atoms with Crippen molar-refractivity contribution in [1.29, 1.82) is 0 Å². The van der Waals surface area contributed by atoms with Crippen LogP contribution in [0.15, 0.2) is 67.1 Å². The lowest BCUT2D eigenvalue weighted by Gasteiger charge is -2.16. The van der Waals surface area contributed by atoms with E-state index in [0.717, 1.165) is 25.4 Å². The highest BCUT2D eigenvalue weighted by atomic mass is 32.2. The predicted octanol–water partition coefficient (Wildman–Crippen LogP) is -0.295. The third-order valence-electron chi connectivity index (χ3n) is 6.11. The Balaban J connectivity index is 0.000000168. The lowest BCUT2D eigenvalue weighted by atomic mass is 10.1. The average molecular weight is 617 g/mol. The molecule has 0 spiro atoms. The molecule has 2 aromatic heterocycles. The number of phenolic OH excluding ortho intramolecular Hbond substituents is 2. The first kappa shape index (κ1) is 28.4. The van der Waals surface area contributed by atoms with Crippen molar-refractivity contribution in [3.63, 3.8) is 0 Å². The molecule has 2 amide bonds. The van der Waals surface area contributed by atoms with Crippen molar-refractivity contribution in [3.05, 3.63) is 83.9 Å². The molecular formula is C24H24N8O8S2. The first-order chi connectivity index (χ1) is 19.9. The molecule has 2 saturated heterocycles. The minimum Gasteiger partial charge on any atom is -0.506 e. The number of aromatic nitrogens is 4. The Morgan fingerprint density at radius 2 is 1.36 bits per heavy atom. The van der Waals surface area contributed by atoms with Gasteiger partial charge in [0.1, 0.15) is 24.6 Å². The summed E-state index contributed by atoms with van der Waals surface area (Å²) in [4.78, 5) is 22.4. The Morgan fingerprint density at radius 1 is 0.786 bits per heavy atom. The topological polar surface area (TPSA) is 220 Å². The second-order valence-corrected chi connectivity index (χ2v) is 12.4. The van der Waals surface area contributed by atoms with E-state index >= 15 is 0 Å². The molecule has 6 rings (SSSR count). The molecule has 4 heterocycles. The van der Waals surface area contributed by atoms with Crippen molar-refractivity contribution >= 4 is 43.6 Å². The number of phenols is 2. The lowest BCUT2D eigenvalue weighted by Crippen LogP contribution is -2.29. The van der Waals surface area contributed by atoms with Crippen LogP contribution in [0.1, 0.15) is 16.8 Å². The number of aromatic amines is 1. The van der Waals surface area contributed by atoms with Crippen molar-refractivity contribution in [3.8, 4) is 11.5 Å². The number of H-pyrrole nitrogens is 1. The number of aromatic hydroxyl groups is 2. The van der Waals surface area contributed by atoms with Gasteiger partial charge in [-0.1, -0.05) is 12.1 Å². The van der Waals surface area contributed by atoms with Gasteiger partial charge in [-0.15, -0.1) is 0 Å². The molecule has 2 aliphatic rings. The van der Waals surface area contributed by atoms with Gasteiger partial charge in [-0.25, -0.2) is 18.1 Å². The van der Waals surface area contributed by atoms with Gasteiger partial charge >= 0.3 is 20.4 Å². The molecule has 0 radical (unpaired) electrons. The van der Waals surface area contributed by atoms with Crippen molar-refractivity contribution in [2.75, 3.05) is 21.7 Å². The molecule has 2 aromatic carbocycles. The summed E-state index contributed by atoms with van der Waals surface area (Å²) in [5, 5.41) is 30.7. The molecule has 4 aromatic rings. The summed E-state index contributed by atoms with van der Waals surface area (Å²) in [6.45, 7) is -0.227. The molecule has 2 aliphatic heterocycles. The van der Waals surface area contributed by atoms with Gasteiger partial charge in [0.25, 0.3) is 11.8 Å². The number of hydrogen-bond acceptors (Lipinski definition) is 10. The van der Waals surface area contributed by atoms with E-state index in [9.17, 15) is 36.6 Å². The summed E-state index contributed by atoms with van der Waals surface area (Å²) in [7, 11) is -7.84. The highest BCUT2D eigenvalue weighted by Gasteiger charge is 2.36. The molecular weight excluding hydrogens is 592 g/mol. The third kappa shape index (κ3) is 6.13. The number of amides is 2. The van der Waals surface area contributed by atoms with Crippen LogP contribution in [0.25, 0.3) is 0 Å². The van der Waals surface area contributed by atoms with E-state index in [-0.39, 0.29) is 36.0 Å². The maximum atomic E-state index is 11.7. The van der Waals surface area contributed by atoms with Crippen molar-refractivity contribution in [1.82, 2.24) is 29.4 Å². The molecule has 2 fully saturated rings. The molecule has 0 bridgehead atoms. The Kier molecular flexibility index (Phi) is 7.48. The molecule has 5 N–H and O–H groups in total. The van der Waals surface area contributed by atoms with Gasteiger partial charge in [0.05, 0.1) is 17.9 Å². The van der Waals surface area contributed by atoms with Gasteiger partial charge in [-0.2, -0.15) is 27.0 Å². The van der Waals surface area contributed by atoms with Crippen LogP contribution in [0.3, 0.4) is 0 Å². The highest BCUT2D eigenvalue weighted by Crippen LogP contribution is 2.32. The van der Waals surface area contributed by atoms with Crippen LogP contribution in [-0.4, -0.2) is 71.9 Å². The van der Waals surface area contributed by atoms with Crippen LogP contribution in [-0.2, 0) is 43.0 Å². The first-order valence-corrected chi connectivity index (χ1v) is 15.1. The van der Waals surface area contributed by atoms with Gasteiger partial charge in [-0.3, -0.25) is 19.4 Å². The quantitative estimate of drug-likeness (QED) is 0.190. The molecule has 42 heavy (non-hydrogen) atoms. The monoisotopic (exact) mass is 616 g/mol. The number of nitrogens with one attached hydrogen (secondary N) is 3. The molecule has 0 atom stereocenters. The number of hydrogen-bond donors (Lipinski definition) is 5. The largest absolute Gasteiger partial charge is 0.506 e. The Bertz CT molecular complexity index is 1710. The van der Waals surface area contributed by atoms with Crippen LogP contribution in [0.4, 0.5) is 11.4 Å². The normalized spacial score (nSPS) is 17.0. The summed E-state index contributed by atoms with van der Waals surface area (Å²) in [6.07, 6.45) is 5.57. The van der Waals surface area contributed by atoms with E-state index in [2.05, 4.69) is 15.3 Å². The SMILES string of the molecule is O=C1CN(c2ccc(Cc3ccn[nH]3)cc2O)S(=O)(=O)N1.O=C1CN(c2ccc(Cn3cccn3)cc2O)S(=O)(=O)N1. The molecule has 220 valence electrons. The zero-order valence-corrected chi connectivity index (χ0v) is 23.2. The smallest absolute Gasteiger partial charge is 0.326 e. The number of carbonyl (C=O) groups is 2. The average Bonchev–Trinajstić information content (AvgIpc) is 3.69. The van der Waals surface area contributed by atoms with Crippen LogP contribution in [0.5, 0.6) is 11.5 Å². The maximum absolute atomic E-state index is 11.7. The summed E-state index contributed by atoms with van der Waals surface area (Å²) in [5.41, 5.74) is 2.55. The van der Waals surface area contributed by atoms with Crippen LogP contribution >= 0.6 is 0 Å². The molecule has 18 heteroatoms. The van der Waals surface area contributed by atoms with E-state index < -0.39 is 32.2 Å². The summed E-state index contributed by atoms with van der Waals surface area (Å²) in [5.74, 6) is -1.67. The van der Waals surface area contributed by atoms with Crippen LogP contribution in [0, 0.1) is 0 Å². The summed E-state index contributed by atoms with van der Waals surface area (Å²) in [6, 6.07) is 12.8. The minimum atomic E-state index is -3.92. The Morgan fingerprint density at radius 3 is 1.81 bits per heavy atom. The van der Waals surface area contributed by atoms with Crippen LogP contribution < -0.4 is 18.1 Å². The summed E-state index contributed by atoms with van der Waals surface area (Å²) >= 11 is 0. The van der Waals surface area contributed by atoms with Crippen LogP contribution in [0.2, 0.25) is 0 Å². The third-order valence-corrected chi connectivity index (χ3v) is 8.90. The zero-order chi connectivity index (χ0) is 30.1. The first-order valence-electron chi connectivity index (χ1n) is 12.2. The van der Waals surface area contributed by atoms with E-state index in [1.165, 1.54) is 24.3 Å². The van der Waals surface area contributed by atoms with E-state index in [4.69, 9.17) is 0 Å². The number of anilines is 2. The van der Waals surface area contributed by atoms with Gasteiger partial charge in [0.15, 0.2) is 0 Å². The number of nitrogens with zero attached hydrogens (tertiary/aromatic N) is 5. The fourth-order valence-corrected chi connectivity index (χ4v) is 6.60. The fraction of sp³-hybridized carbons (Fsp3) is 0.167. The fourth-order valence-electron chi connectivity index (χ4n) is 4.27. The predicted molar refractivity (Wildman–Crippen MR) is 148 cm³/mol. The van der Waals surface area contributed by atoms with Crippen molar-refractivity contribution in [2.45, 2.75) is 13.0 Å². The van der Waals surface area contributed by atoms with Gasteiger partial charge < -0.3 is 10.2 Å². The number of carbonyl (C=O) groups excluding carboxylic acids is 2. The highest BCUT2D eigenvalue weighted by molar-refractivity contribution is 7.92. The number of benzene rings is 2. The van der Waals surface area contributed by atoms with Crippen molar-refractivity contribution in [2.24, 2.45) is 0 Å². The molecule has 0 saturated carbocycles. The standard InChI is InChI=1S/2C12H12N4O4S/c17-11-6-9(7-15-5-1-4-13-15)2-3-10(11)16-8-12(18)14-21(16,19)20;17-11-6-8(5-9-3-4-13-14-9)1-2-10(11)16-7-12(18)15-21(16,19)20/h1-6,17H,7-8H2,(H,14,18);1-4,6,17H,5,7H2,(H,13,14)(H,15,18). The summed E-state index contributed by atoms with van der Waals surface area (Å²) < 4.78 is 54.0. The molecule has 0 aliphatic carbocycles. The number of rotatable bonds is 6. The molecule has 16 nitrogen and oxygen atoms in total. The maximum Gasteiger partial charge on any atom is 0.326 e. The van der Waals surface area contributed by atoms with Gasteiger partial charge in [0.2, 0.25) is 0 Å². The van der Waals surface area contributed by atoms with E-state index in [1.54, 1.807) is 47.5 Å². The Labute approximate surface area is 239 Å². The van der Waals surface area contributed by atoms with E-state index in [1.807, 2.05) is 9.44 Å². The Hall–Kier alpha value is -5.10. The second-order valence-electron chi connectivity index (χ2n) is 9.18.